The number of aromatic nitrogens is 2. The summed E-state index contributed by atoms with van der Waals surface area (Å²) in [6.07, 6.45) is 2.49. The van der Waals surface area contributed by atoms with Crippen molar-refractivity contribution in [3.05, 3.63) is 46.4 Å². The Morgan fingerprint density at radius 2 is 1.68 bits per heavy atom. The summed E-state index contributed by atoms with van der Waals surface area (Å²) in [6.45, 7) is 5.17. The number of anilines is 1. The molecule has 2 aromatic rings. The van der Waals surface area contributed by atoms with E-state index >= 15 is 0 Å². The number of hydrogen-bond acceptors (Lipinski definition) is 4. The van der Waals surface area contributed by atoms with Crippen LogP contribution in [0.5, 0.6) is 0 Å². The number of carbonyl (C=O) groups excluding carboxylic acids is 3. The van der Waals surface area contributed by atoms with Crippen molar-refractivity contribution in [3.8, 4) is 5.69 Å². The molecule has 2 heterocycles. The van der Waals surface area contributed by atoms with Gasteiger partial charge in [0.05, 0.1) is 11.4 Å². The van der Waals surface area contributed by atoms with E-state index < -0.39 is 24.0 Å². The van der Waals surface area contributed by atoms with Crippen LogP contribution in [-0.2, 0) is 16.6 Å². The van der Waals surface area contributed by atoms with Crippen molar-refractivity contribution in [2.45, 2.75) is 52.0 Å². The molecule has 4 amide bonds. The van der Waals surface area contributed by atoms with Crippen LogP contribution in [0.25, 0.3) is 5.69 Å². The van der Waals surface area contributed by atoms with Crippen LogP contribution in [0.2, 0.25) is 0 Å². The largest absolute Gasteiger partial charge is 0.325 e. The second-order valence-electron chi connectivity index (χ2n) is 7.89. The Morgan fingerprint density at radius 3 is 2.26 bits per heavy atom. The number of nitrogens with one attached hydrogen (secondary N) is 2. The topological polar surface area (TPSA) is 105 Å². The van der Waals surface area contributed by atoms with E-state index in [2.05, 4.69) is 10.6 Å². The zero-order chi connectivity index (χ0) is 22.8. The number of imide groups is 1. The van der Waals surface area contributed by atoms with Crippen molar-refractivity contribution >= 4 is 23.5 Å². The lowest BCUT2D eigenvalue weighted by atomic mass is 9.88. The third-order valence-corrected chi connectivity index (χ3v) is 5.72. The highest BCUT2D eigenvalue weighted by atomic mass is 16.2. The van der Waals surface area contributed by atoms with E-state index in [1.807, 2.05) is 32.0 Å². The standard InChI is InChI=1S/C22H29N5O4/c1-5-12-22(13-6-2)20(30)26(21(31)24-22)14-17(28)23-18-15(3)25(4)27(19(18)29)16-10-8-7-9-11-16/h7-11H,5-6,12-14H2,1-4H3,(H,23,28)(H,24,31). The van der Waals surface area contributed by atoms with Gasteiger partial charge in [0.2, 0.25) is 5.91 Å². The molecule has 0 aliphatic carbocycles. The van der Waals surface area contributed by atoms with Gasteiger partial charge >= 0.3 is 6.03 Å². The number of para-hydroxylation sites is 1. The van der Waals surface area contributed by atoms with Crippen LogP contribution >= 0.6 is 0 Å². The Morgan fingerprint density at radius 1 is 1.06 bits per heavy atom. The number of hydrogen-bond donors (Lipinski definition) is 2. The summed E-state index contributed by atoms with van der Waals surface area (Å²) in [5.41, 5.74) is 0.00554. The first-order valence-corrected chi connectivity index (χ1v) is 10.5. The number of amides is 4. The molecule has 31 heavy (non-hydrogen) atoms. The van der Waals surface area contributed by atoms with Crippen LogP contribution in [0.3, 0.4) is 0 Å². The average Bonchev–Trinajstić information content (AvgIpc) is 3.08. The monoisotopic (exact) mass is 427 g/mol. The Bertz CT molecular complexity index is 1050. The molecule has 0 saturated carbocycles. The molecule has 1 saturated heterocycles. The zero-order valence-corrected chi connectivity index (χ0v) is 18.4. The van der Waals surface area contributed by atoms with Gasteiger partial charge in [0.25, 0.3) is 11.5 Å². The fourth-order valence-electron chi connectivity index (χ4n) is 4.17. The van der Waals surface area contributed by atoms with Gasteiger partial charge in [-0.15, -0.1) is 0 Å². The van der Waals surface area contributed by atoms with Crippen LogP contribution in [-0.4, -0.2) is 44.2 Å². The highest BCUT2D eigenvalue weighted by Crippen LogP contribution is 2.28. The zero-order valence-electron chi connectivity index (χ0n) is 18.4. The molecule has 1 aromatic heterocycles. The average molecular weight is 428 g/mol. The minimum Gasteiger partial charge on any atom is -0.323 e. The lowest BCUT2D eigenvalue weighted by Crippen LogP contribution is -2.47. The molecule has 0 bridgehead atoms. The smallest absolute Gasteiger partial charge is 0.323 e. The second-order valence-corrected chi connectivity index (χ2v) is 7.89. The van der Waals surface area contributed by atoms with Crippen molar-refractivity contribution in [3.63, 3.8) is 0 Å². The number of nitrogens with zero attached hydrogens (tertiary/aromatic N) is 3. The van der Waals surface area contributed by atoms with Gasteiger partial charge in [0, 0.05) is 7.05 Å². The minimum absolute atomic E-state index is 0.122. The maximum absolute atomic E-state index is 13.0. The summed E-state index contributed by atoms with van der Waals surface area (Å²) in [6, 6.07) is 8.50. The minimum atomic E-state index is -0.955. The van der Waals surface area contributed by atoms with Crippen LogP contribution in [0.15, 0.2) is 35.1 Å². The van der Waals surface area contributed by atoms with Crippen LogP contribution < -0.4 is 16.2 Å². The van der Waals surface area contributed by atoms with Crippen LogP contribution in [0, 0.1) is 6.92 Å². The Labute approximate surface area is 181 Å². The fraction of sp³-hybridized carbons (Fsp3) is 0.455. The van der Waals surface area contributed by atoms with Gasteiger partial charge in [0.15, 0.2) is 0 Å². The van der Waals surface area contributed by atoms with Crippen LogP contribution in [0.4, 0.5) is 10.5 Å². The Balaban J connectivity index is 1.81. The summed E-state index contributed by atoms with van der Waals surface area (Å²) >= 11 is 0. The van der Waals surface area contributed by atoms with E-state index in [1.165, 1.54) is 4.68 Å². The second kappa shape index (κ2) is 8.79. The van der Waals surface area contributed by atoms with E-state index in [-0.39, 0.29) is 17.2 Å². The lowest BCUT2D eigenvalue weighted by Gasteiger charge is -2.25. The lowest BCUT2D eigenvalue weighted by molar-refractivity contribution is -0.134. The van der Waals surface area contributed by atoms with Gasteiger partial charge in [-0.3, -0.25) is 24.0 Å². The van der Waals surface area contributed by atoms with Gasteiger partial charge in [-0.25, -0.2) is 9.48 Å². The number of benzene rings is 1. The molecule has 0 spiro atoms. The molecule has 0 atom stereocenters. The molecule has 1 aliphatic heterocycles. The molecular formula is C22H29N5O4. The molecule has 2 N–H and O–H groups in total. The van der Waals surface area contributed by atoms with Gasteiger partial charge in [-0.2, -0.15) is 0 Å². The van der Waals surface area contributed by atoms with Crippen molar-refractivity contribution in [2.24, 2.45) is 7.05 Å². The van der Waals surface area contributed by atoms with E-state index in [1.54, 1.807) is 30.8 Å². The van der Waals surface area contributed by atoms with E-state index in [0.717, 1.165) is 17.7 Å². The molecule has 0 radical (unpaired) electrons. The molecule has 1 aliphatic rings. The molecular weight excluding hydrogens is 398 g/mol. The third kappa shape index (κ3) is 3.99. The predicted octanol–water partition coefficient (Wildman–Crippen LogP) is 2.31. The summed E-state index contributed by atoms with van der Waals surface area (Å²) in [5.74, 6) is -0.985. The first-order valence-electron chi connectivity index (χ1n) is 10.5. The molecule has 1 aromatic carbocycles. The quantitative estimate of drug-likeness (QED) is 0.631. The van der Waals surface area contributed by atoms with Crippen molar-refractivity contribution in [2.75, 3.05) is 11.9 Å². The fourth-order valence-corrected chi connectivity index (χ4v) is 4.17. The molecule has 9 nitrogen and oxygen atoms in total. The molecule has 1 fully saturated rings. The highest BCUT2D eigenvalue weighted by molar-refractivity contribution is 6.10. The Kier molecular flexibility index (Phi) is 6.33. The van der Waals surface area contributed by atoms with Gasteiger partial charge in [-0.05, 0) is 31.9 Å². The van der Waals surface area contributed by atoms with Gasteiger partial charge in [0.1, 0.15) is 17.8 Å². The number of carbonyl (C=O) groups is 3. The summed E-state index contributed by atoms with van der Waals surface area (Å²) in [5, 5.41) is 5.39. The normalized spacial score (nSPS) is 15.3. The maximum atomic E-state index is 13.0. The number of rotatable bonds is 8. The third-order valence-electron chi connectivity index (χ3n) is 5.72. The summed E-state index contributed by atoms with van der Waals surface area (Å²) < 4.78 is 3.10. The highest BCUT2D eigenvalue weighted by Gasteiger charge is 2.50. The van der Waals surface area contributed by atoms with E-state index in [0.29, 0.717) is 24.2 Å². The molecule has 3 rings (SSSR count). The first kappa shape index (κ1) is 22.3. The van der Waals surface area contributed by atoms with Gasteiger partial charge in [-0.1, -0.05) is 44.9 Å². The first-order chi connectivity index (χ1) is 14.8. The molecule has 166 valence electrons. The summed E-state index contributed by atoms with van der Waals surface area (Å²) in [7, 11) is 1.72. The van der Waals surface area contributed by atoms with E-state index in [4.69, 9.17) is 0 Å². The van der Waals surface area contributed by atoms with Crippen molar-refractivity contribution < 1.29 is 14.4 Å². The molecule has 0 unspecified atom stereocenters. The maximum Gasteiger partial charge on any atom is 0.325 e. The number of urea groups is 1. The molecule has 9 heteroatoms. The summed E-state index contributed by atoms with van der Waals surface area (Å²) in [4.78, 5) is 52.0. The van der Waals surface area contributed by atoms with Crippen molar-refractivity contribution in [1.29, 1.82) is 0 Å². The van der Waals surface area contributed by atoms with Gasteiger partial charge < -0.3 is 10.6 Å². The van der Waals surface area contributed by atoms with E-state index in [9.17, 15) is 19.2 Å². The van der Waals surface area contributed by atoms with Crippen molar-refractivity contribution in [1.82, 2.24) is 19.6 Å². The predicted molar refractivity (Wildman–Crippen MR) is 117 cm³/mol. The Hall–Kier alpha value is -3.36. The SMILES string of the molecule is CCCC1(CCC)NC(=O)N(CC(=O)Nc2c(C)n(C)n(-c3ccccc3)c2=O)C1=O. The van der Waals surface area contributed by atoms with Crippen LogP contribution in [0.1, 0.15) is 45.2 Å².